The fourth-order valence-corrected chi connectivity index (χ4v) is 8.19. The molecule has 0 aliphatic rings. The van der Waals surface area contributed by atoms with Gasteiger partial charge < -0.3 is 0 Å². The smallest absolute Gasteiger partial charge is 0.292 e. The van der Waals surface area contributed by atoms with Gasteiger partial charge in [0.25, 0.3) is 6.43 Å². The van der Waals surface area contributed by atoms with Gasteiger partial charge in [0.2, 0.25) is 0 Å². The molecular formula is C50H28F12N6. The Balaban J connectivity index is 1.25. The van der Waals surface area contributed by atoms with Crippen molar-refractivity contribution in [3.05, 3.63) is 180 Å². The summed E-state index contributed by atoms with van der Waals surface area (Å²) in [6, 6.07) is 38.1. The number of aromatic nitrogens is 6. The lowest BCUT2D eigenvalue weighted by molar-refractivity contribution is -0.289. The van der Waals surface area contributed by atoms with Crippen LogP contribution in [0.3, 0.4) is 0 Å². The Labute approximate surface area is 376 Å². The highest BCUT2D eigenvalue weighted by Crippen LogP contribution is 2.46. The van der Waals surface area contributed by atoms with Gasteiger partial charge in [-0.3, -0.25) is 13.7 Å². The summed E-state index contributed by atoms with van der Waals surface area (Å²) < 4.78 is 171. The Morgan fingerprint density at radius 3 is 0.912 bits per heavy atom. The number of rotatable bonds is 9. The van der Waals surface area contributed by atoms with Gasteiger partial charge in [0, 0.05) is 50.4 Å². The van der Waals surface area contributed by atoms with E-state index < -0.39 is 41.8 Å². The zero-order chi connectivity index (χ0) is 47.9. The maximum Gasteiger partial charge on any atom is 0.458 e. The lowest BCUT2D eigenvalue weighted by Gasteiger charge is -2.20. The molecular weight excluding hydrogens is 913 g/mol. The Hall–Kier alpha value is -7.89. The largest absolute Gasteiger partial charge is 0.458 e. The van der Waals surface area contributed by atoms with Crippen LogP contribution in [0.2, 0.25) is 0 Å². The van der Waals surface area contributed by atoms with E-state index in [1.54, 1.807) is 105 Å². The SMILES string of the molecule is FC(F)c1ccc(-n2c(-c3cc(-c4nc5ccccc5n4-c4ccc(C(F)(F)C(F)(F)F)cc4)cc(-c4nc5ccccc5n4-c4ccc(C(F)(F)C(F)(F)F)cc4)c3)nc3ccccc32)cc1. The van der Waals surface area contributed by atoms with Crippen molar-refractivity contribution < 1.29 is 52.7 Å². The molecule has 0 radical (unpaired) electrons. The Morgan fingerprint density at radius 2 is 0.632 bits per heavy atom. The zero-order valence-electron chi connectivity index (χ0n) is 34.4. The lowest BCUT2D eigenvalue weighted by Crippen LogP contribution is -2.33. The van der Waals surface area contributed by atoms with E-state index in [1.807, 2.05) is 0 Å². The van der Waals surface area contributed by atoms with Crippen molar-refractivity contribution in [2.75, 3.05) is 0 Å². The van der Waals surface area contributed by atoms with Gasteiger partial charge in [-0.1, -0.05) is 72.8 Å². The van der Waals surface area contributed by atoms with Crippen molar-refractivity contribution in [3.8, 4) is 51.2 Å². The number of nitrogens with zero attached hydrogens (tertiary/aromatic N) is 6. The highest BCUT2D eigenvalue weighted by molar-refractivity contribution is 5.90. The summed E-state index contributed by atoms with van der Waals surface area (Å²) in [5, 5.41) is 0. The maximum absolute atomic E-state index is 14.5. The molecule has 0 amide bonds. The number of alkyl halides is 12. The van der Waals surface area contributed by atoms with E-state index >= 15 is 0 Å². The van der Waals surface area contributed by atoms with E-state index in [0.717, 1.165) is 24.3 Å². The first-order chi connectivity index (χ1) is 32.3. The monoisotopic (exact) mass is 940 g/mol. The minimum Gasteiger partial charge on any atom is -0.292 e. The molecule has 0 saturated heterocycles. The molecule has 0 saturated carbocycles. The number of hydrogen-bond donors (Lipinski definition) is 0. The Morgan fingerprint density at radius 1 is 0.353 bits per heavy atom. The summed E-state index contributed by atoms with van der Waals surface area (Å²) in [5.74, 6) is -9.72. The molecule has 0 aliphatic heterocycles. The number of hydrogen-bond acceptors (Lipinski definition) is 3. The average molecular weight is 941 g/mol. The quantitative estimate of drug-likeness (QED) is 0.136. The average Bonchev–Trinajstić information content (AvgIpc) is 4.03. The molecule has 0 N–H and O–H groups in total. The van der Waals surface area contributed by atoms with Gasteiger partial charge in [-0.15, -0.1) is 0 Å². The second kappa shape index (κ2) is 15.9. The van der Waals surface area contributed by atoms with Crippen LogP contribution >= 0.6 is 0 Å². The molecule has 0 bridgehead atoms. The molecule has 3 aromatic heterocycles. The normalized spacial score (nSPS) is 12.8. The summed E-state index contributed by atoms with van der Waals surface area (Å²) in [7, 11) is 0. The van der Waals surface area contributed by atoms with Crippen molar-refractivity contribution in [1.82, 2.24) is 28.7 Å². The van der Waals surface area contributed by atoms with E-state index in [1.165, 1.54) is 24.3 Å². The van der Waals surface area contributed by atoms with Crippen LogP contribution in [-0.2, 0) is 11.8 Å². The highest BCUT2D eigenvalue weighted by atomic mass is 19.4. The topological polar surface area (TPSA) is 53.5 Å². The molecule has 342 valence electrons. The van der Waals surface area contributed by atoms with Crippen LogP contribution in [0.4, 0.5) is 52.7 Å². The van der Waals surface area contributed by atoms with Crippen LogP contribution in [0, 0.1) is 0 Å². The number of benzene rings is 7. The highest BCUT2D eigenvalue weighted by Gasteiger charge is 2.59. The molecule has 7 aromatic carbocycles. The van der Waals surface area contributed by atoms with Crippen molar-refractivity contribution in [2.24, 2.45) is 0 Å². The van der Waals surface area contributed by atoms with E-state index in [9.17, 15) is 52.7 Å². The minimum atomic E-state index is -5.87. The van der Waals surface area contributed by atoms with Gasteiger partial charge in [-0.05, 0) is 91.0 Å². The molecule has 10 rings (SSSR count). The van der Waals surface area contributed by atoms with Gasteiger partial charge in [-0.25, -0.2) is 23.7 Å². The van der Waals surface area contributed by atoms with Crippen molar-refractivity contribution in [1.29, 1.82) is 0 Å². The van der Waals surface area contributed by atoms with Crippen LogP contribution in [0.15, 0.2) is 164 Å². The van der Waals surface area contributed by atoms with E-state index in [2.05, 4.69) is 0 Å². The number of imidazole rings is 3. The van der Waals surface area contributed by atoms with Crippen LogP contribution < -0.4 is 0 Å². The summed E-state index contributed by atoms with van der Waals surface area (Å²) in [6.07, 6.45) is -14.5. The van der Waals surface area contributed by atoms with Gasteiger partial charge in [0.15, 0.2) is 0 Å². The lowest BCUT2D eigenvalue weighted by atomic mass is 10.0. The summed E-state index contributed by atoms with van der Waals surface area (Å²) >= 11 is 0. The zero-order valence-corrected chi connectivity index (χ0v) is 34.4. The standard InChI is InChI=1S/C50H28F12N6/c51-43(52)28-13-19-34(20-14-28)66-40-10-4-1-7-37(40)63-44(66)29-25-30(45-64-38-8-2-5-11-41(38)67(45)35-21-15-32(16-22-35)47(53,54)49(57,58)59)27-31(26-29)46-65-39-9-3-6-12-42(39)68(46)36-23-17-33(18-24-36)48(55,56)50(60,61)62/h1-27,43H. The van der Waals surface area contributed by atoms with Crippen molar-refractivity contribution in [3.63, 3.8) is 0 Å². The summed E-state index contributed by atoms with van der Waals surface area (Å²) in [4.78, 5) is 14.8. The van der Waals surface area contributed by atoms with Crippen molar-refractivity contribution in [2.45, 2.75) is 30.6 Å². The first-order valence-electron chi connectivity index (χ1n) is 20.4. The van der Waals surface area contributed by atoms with Crippen LogP contribution in [-0.4, -0.2) is 41.0 Å². The van der Waals surface area contributed by atoms with Gasteiger partial charge in [0.1, 0.15) is 17.5 Å². The van der Waals surface area contributed by atoms with Crippen LogP contribution in [0.25, 0.3) is 84.3 Å². The third kappa shape index (κ3) is 7.30. The summed E-state index contributed by atoms with van der Waals surface area (Å²) in [5.41, 5.74) is 1.63. The Kier molecular flexibility index (Phi) is 10.3. The predicted octanol–water partition coefficient (Wildman–Crippen LogP) is 15.0. The van der Waals surface area contributed by atoms with Crippen molar-refractivity contribution >= 4 is 33.1 Å². The third-order valence-electron chi connectivity index (χ3n) is 11.5. The fourth-order valence-electron chi connectivity index (χ4n) is 8.19. The molecule has 68 heavy (non-hydrogen) atoms. The van der Waals surface area contributed by atoms with E-state index in [0.29, 0.717) is 79.7 Å². The molecule has 10 aromatic rings. The molecule has 0 aliphatic carbocycles. The number of halogens is 12. The predicted molar refractivity (Wildman–Crippen MR) is 231 cm³/mol. The first-order valence-corrected chi connectivity index (χ1v) is 20.4. The van der Waals surface area contributed by atoms with Gasteiger partial charge in [0.05, 0.1) is 33.1 Å². The molecule has 0 unspecified atom stereocenters. The molecule has 3 heterocycles. The summed E-state index contributed by atoms with van der Waals surface area (Å²) in [6.45, 7) is 0. The van der Waals surface area contributed by atoms with Crippen LogP contribution in [0.1, 0.15) is 23.1 Å². The second-order valence-corrected chi connectivity index (χ2v) is 15.7. The van der Waals surface area contributed by atoms with Crippen LogP contribution in [0.5, 0.6) is 0 Å². The number of fused-ring (bicyclic) bond motifs is 3. The third-order valence-corrected chi connectivity index (χ3v) is 11.5. The molecule has 0 fully saturated rings. The minimum absolute atomic E-state index is 0.150. The molecule has 0 atom stereocenters. The second-order valence-electron chi connectivity index (χ2n) is 15.7. The van der Waals surface area contributed by atoms with Gasteiger partial charge in [-0.2, -0.15) is 43.9 Å². The van der Waals surface area contributed by atoms with Gasteiger partial charge >= 0.3 is 24.2 Å². The molecule has 0 spiro atoms. The molecule has 18 heteroatoms. The molecule has 6 nitrogen and oxygen atoms in total. The van der Waals surface area contributed by atoms with E-state index in [-0.39, 0.29) is 34.4 Å². The first kappa shape index (κ1) is 44.0. The van der Waals surface area contributed by atoms with E-state index in [4.69, 9.17) is 15.0 Å². The maximum atomic E-state index is 14.5. The Bertz CT molecular complexity index is 3350. The number of para-hydroxylation sites is 6. The fraction of sp³-hybridized carbons (Fsp3) is 0.100.